The van der Waals surface area contributed by atoms with Gasteiger partial charge < -0.3 is 14.2 Å². The van der Waals surface area contributed by atoms with Gasteiger partial charge >= 0.3 is 12.3 Å². The van der Waals surface area contributed by atoms with Crippen molar-refractivity contribution >= 4 is 40.2 Å². The average molecular weight is 533 g/mol. The molecule has 4 nitrogen and oxygen atoms in total. The Hall–Kier alpha value is -1.75. The quantitative estimate of drug-likeness (QED) is 0.249. The molecule has 0 saturated carbocycles. The molecule has 0 heterocycles. The normalized spacial score (nSPS) is 11.9. The Kier molecular flexibility index (Phi) is 6.70. The molecule has 10 heteroatoms. The van der Waals surface area contributed by atoms with Crippen LogP contribution in [0.5, 0.6) is 17.2 Å². The Labute approximate surface area is 176 Å². The van der Waals surface area contributed by atoms with E-state index >= 15 is 0 Å². The van der Waals surface area contributed by atoms with Gasteiger partial charge in [-0.1, -0.05) is 11.6 Å². The first kappa shape index (κ1) is 22.5. The minimum absolute atomic E-state index is 0.0472. The maximum atomic E-state index is 14.3. The van der Waals surface area contributed by atoms with E-state index in [1.165, 1.54) is 12.1 Å². The summed E-state index contributed by atoms with van der Waals surface area (Å²) in [4.78, 5) is 12.1. The molecule has 152 valence electrons. The largest absolute Gasteiger partial charge is 0.573 e. The third-order valence-corrected chi connectivity index (χ3v) is 4.14. The van der Waals surface area contributed by atoms with Crippen LogP contribution in [-0.4, -0.2) is 17.9 Å². The van der Waals surface area contributed by atoms with Crippen molar-refractivity contribution in [2.45, 2.75) is 32.7 Å². The van der Waals surface area contributed by atoms with E-state index in [4.69, 9.17) is 21.1 Å². The zero-order chi connectivity index (χ0) is 21.3. The molecular formula is C18H14ClF4IO4. The summed E-state index contributed by atoms with van der Waals surface area (Å²) in [6.07, 6.45) is -4.89. The number of esters is 1. The van der Waals surface area contributed by atoms with Gasteiger partial charge in [0.15, 0.2) is 0 Å². The number of carbonyl (C=O) groups excluding carboxylic acids is 1. The summed E-state index contributed by atoms with van der Waals surface area (Å²) in [5.74, 6) is -2.19. The van der Waals surface area contributed by atoms with Crippen LogP contribution in [0.1, 0.15) is 31.1 Å². The molecule has 2 aromatic carbocycles. The van der Waals surface area contributed by atoms with Crippen LogP contribution in [0.2, 0.25) is 5.02 Å². The molecule has 0 atom stereocenters. The van der Waals surface area contributed by atoms with Crippen LogP contribution in [0.3, 0.4) is 0 Å². The molecule has 0 bridgehead atoms. The Morgan fingerprint density at radius 3 is 2.25 bits per heavy atom. The Balaban J connectivity index is 2.24. The fourth-order valence-corrected chi connectivity index (χ4v) is 2.76. The molecule has 0 unspecified atom stereocenters. The van der Waals surface area contributed by atoms with Gasteiger partial charge in [-0.15, -0.1) is 13.2 Å². The highest BCUT2D eigenvalue weighted by atomic mass is 127. The van der Waals surface area contributed by atoms with Gasteiger partial charge in [0.25, 0.3) is 0 Å². The van der Waals surface area contributed by atoms with Crippen LogP contribution in [-0.2, 0) is 4.74 Å². The number of hydrogen-bond donors (Lipinski definition) is 0. The van der Waals surface area contributed by atoms with Gasteiger partial charge in [-0.2, -0.15) is 0 Å². The first-order valence-electron chi connectivity index (χ1n) is 7.71. The van der Waals surface area contributed by atoms with Crippen molar-refractivity contribution in [1.29, 1.82) is 0 Å². The maximum absolute atomic E-state index is 14.3. The molecule has 28 heavy (non-hydrogen) atoms. The SMILES string of the molecule is CC(C)(C)OC(=O)c1cc(I)c(Oc2ccc(OC(F)(F)F)c(Cl)c2)cc1F. The van der Waals surface area contributed by atoms with Crippen LogP contribution < -0.4 is 9.47 Å². The van der Waals surface area contributed by atoms with E-state index in [-0.39, 0.29) is 22.1 Å². The third kappa shape index (κ3) is 6.40. The maximum Gasteiger partial charge on any atom is 0.573 e. The Morgan fingerprint density at radius 2 is 1.71 bits per heavy atom. The molecule has 0 amide bonds. The van der Waals surface area contributed by atoms with Crippen molar-refractivity contribution in [1.82, 2.24) is 0 Å². The van der Waals surface area contributed by atoms with E-state index in [0.29, 0.717) is 3.57 Å². The molecule has 0 saturated heterocycles. The molecule has 0 radical (unpaired) electrons. The van der Waals surface area contributed by atoms with Gasteiger partial charge in [-0.25, -0.2) is 9.18 Å². The van der Waals surface area contributed by atoms with E-state index in [9.17, 15) is 22.4 Å². The summed E-state index contributed by atoms with van der Waals surface area (Å²) in [7, 11) is 0. The fraction of sp³-hybridized carbons (Fsp3) is 0.278. The second-order valence-electron chi connectivity index (χ2n) is 6.51. The predicted molar refractivity (Wildman–Crippen MR) is 102 cm³/mol. The lowest BCUT2D eigenvalue weighted by molar-refractivity contribution is -0.274. The fourth-order valence-electron chi connectivity index (χ4n) is 1.98. The first-order chi connectivity index (χ1) is 12.7. The van der Waals surface area contributed by atoms with Crippen molar-refractivity contribution in [3.63, 3.8) is 0 Å². The second-order valence-corrected chi connectivity index (χ2v) is 8.08. The van der Waals surface area contributed by atoms with Gasteiger partial charge in [0.2, 0.25) is 0 Å². The lowest BCUT2D eigenvalue weighted by Gasteiger charge is -2.20. The average Bonchev–Trinajstić information content (AvgIpc) is 2.50. The van der Waals surface area contributed by atoms with Gasteiger partial charge in [0.1, 0.15) is 28.7 Å². The van der Waals surface area contributed by atoms with E-state index in [1.54, 1.807) is 20.8 Å². The van der Waals surface area contributed by atoms with Gasteiger partial charge in [-0.05, 0) is 61.6 Å². The molecule has 2 rings (SSSR count). The molecule has 0 aliphatic heterocycles. The monoisotopic (exact) mass is 532 g/mol. The van der Waals surface area contributed by atoms with E-state index in [0.717, 1.165) is 18.2 Å². The van der Waals surface area contributed by atoms with Crippen molar-refractivity contribution in [2.24, 2.45) is 0 Å². The number of carbonyl (C=O) groups is 1. The smallest absolute Gasteiger partial charge is 0.456 e. The number of hydrogen-bond acceptors (Lipinski definition) is 4. The zero-order valence-corrected chi connectivity index (χ0v) is 17.7. The molecule has 0 aromatic heterocycles. The van der Waals surface area contributed by atoms with E-state index < -0.39 is 29.5 Å². The van der Waals surface area contributed by atoms with Crippen molar-refractivity contribution < 1.29 is 36.6 Å². The Morgan fingerprint density at radius 1 is 1.07 bits per heavy atom. The van der Waals surface area contributed by atoms with Crippen LogP contribution in [0.25, 0.3) is 0 Å². The van der Waals surface area contributed by atoms with E-state index in [2.05, 4.69) is 4.74 Å². The summed E-state index contributed by atoms with van der Waals surface area (Å²) in [5.41, 5.74) is -1.06. The van der Waals surface area contributed by atoms with Gasteiger partial charge in [0.05, 0.1) is 14.2 Å². The summed E-state index contributed by atoms with van der Waals surface area (Å²) < 4.78 is 65.9. The summed E-state index contributed by atoms with van der Waals surface area (Å²) in [5, 5.41) is -0.337. The standard InChI is InChI=1S/C18H14ClF4IO4/c1-17(2,3)28-16(25)10-7-13(24)15(8-12(10)20)26-9-4-5-14(11(19)6-9)27-18(21,22)23/h4-8H,1-3H3. The number of rotatable bonds is 4. The molecular weight excluding hydrogens is 519 g/mol. The van der Waals surface area contributed by atoms with E-state index in [1.807, 2.05) is 22.6 Å². The second kappa shape index (κ2) is 8.32. The highest BCUT2D eigenvalue weighted by Gasteiger charge is 2.32. The number of alkyl halides is 3. The van der Waals surface area contributed by atoms with Crippen LogP contribution in [0.15, 0.2) is 30.3 Å². The molecule has 0 spiro atoms. The molecule has 2 aromatic rings. The van der Waals surface area contributed by atoms with Crippen molar-refractivity contribution in [3.8, 4) is 17.2 Å². The third-order valence-electron chi connectivity index (χ3n) is 3.00. The first-order valence-corrected chi connectivity index (χ1v) is 9.16. The van der Waals surface area contributed by atoms with Crippen molar-refractivity contribution in [3.05, 3.63) is 50.3 Å². The minimum Gasteiger partial charge on any atom is -0.456 e. The summed E-state index contributed by atoms with van der Waals surface area (Å²) >= 11 is 7.59. The topological polar surface area (TPSA) is 44.8 Å². The Bertz CT molecular complexity index is 894. The number of benzene rings is 2. The minimum atomic E-state index is -4.89. The molecule has 0 aliphatic rings. The zero-order valence-electron chi connectivity index (χ0n) is 14.8. The predicted octanol–water partition coefficient (Wildman–Crippen LogP) is 6.73. The highest BCUT2D eigenvalue weighted by Crippen LogP contribution is 2.36. The van der Waals surface area contributed by atoms with Gasteiger partial charge in [0, 0.05) is 12.1 Å². The van der Waals surface area contributed by atoms with Crippen LogP contribution in [0, 0.1) is 9.39 Å². The summed E-state index contributed by atoms with van der Waals surface area (Å²) in [6.45, 7) is 4.96. The van der Waals surface area contributed by atoms with Crippen LogP contribution in [0.4, 0.5) is 17.6 Å². The van der Waals surface area contributed by atoms with Crippen molar-refractivity contribution in [2.75, 3.05) is 0 Å². The molecule has 0 aliphatic carbocycles. The molecule has 0 fully saturated rings. The lowest BCUT2D eigenvalue weighted by atomic mass is 10.1. The van der Waals surface area contributed by atoms with Gasteiger partial charge in [-0.3, -0.25) is 0 Å². The molecule has 0 N–H and O–H groups in total. The summed E-state index contributed by atoms with van der Waals surface area (Å²) in [6, 6.07) is 5.49. The lowest BCUT2D eigenvalue weighted by Crippen LogP contribution is -2.24. The highest BCUT2D eigenvalue weighted by molar-refractivity contribution is 14.1. The number of ether oxygens (including phenoxy) is 3. The van der Waals surface area contributed by atoms with Crippen LogP contribution >= 0.6 is 34.2 Å². The number of halogens is 6.